The predicted molar refractivity (Wildman–Crippen MR) is 80.7 cm³/mol. The highest BCUT2D eigenvalue weighted by Crippen LogP contribution is 2.14. The van der Waals surface area contributed by atoms with Crippen LogP contribution in [0.25, 0.3) is 0 Å². The maximum absolute atomic E-state index is 5.04. The molecule has 5 nitrogen and oxygen atoms in total. The van der Waals surface area contributed by atoms with Gasteiger partial charge in [0.2, 0.25) is 0 Å². The molecule has 114 valence electrons. The fraction of sp³-hybridized carbons (Fsp3) is 0.800. The molecule has 1 unspecified atom stereocenters. The maximum Gasteiger partial charge on any atom is 0.0949 e. The number of hydrogen-bond acceptors (Lipinski definition) is 4. The van der Waals surface area contributed by atoms with Gasteiger partial charge in [-0.05, 0) is 32.9 Å². The second kappa shape index (κ2) is 8.39. The number of rotatable bonds is 8. The van der Waals surface area contributed by atoms with Crippen molar-refractivity contribution in [2.45, 2.75) is 45.3 Å². The first-order valence-corrected chi connectivity index (χ1v) is 7.74. The van der Waals surface area contributed by atoms with Crippen molar-refractivity contribution in [3.8, 4) is 0 Å². The molecule has 0 radical (unpaired) electrons. The number of nitrogens with one attached hydrogen (secondary N) is 1. The highest BCUT2D eigenvalue weighted by molar-refractivity contribution is 4.98. The zero-order valence-electron chi connectivity index (χ0n) is 12.8. The number of imidazole rings is 1. The van der Waals surface area contributed by atoms with Gasteiger partial charge in [0.25, 0.3) is 0 Å². The van der Waals surface area contributed by atoms with E-state index in [1.165, 1.54) is 38.0 Å². The summed E-state index contributed by atoms with van der Waals surface area (Å²) in [6.07, 6.45) is 8.00. The number of likely N-dealkylation sites (tertiary alicyclic amines) is 1. The Morgan fingerprint density at radius 3 is 2.90 bits per heavy atom. The molecule has 1 aliphatic heterocycles. The Labute approximate surface area is 122 Å². The lowest BCUT2D eigenvalue weighted by atomic mass is 10.1. The summed E-state index contributed by atoms with van der Waals surface area (Å²) in [7, 11) is 1.73. The molecule has 0 saturated carbocycles. The first kappa shape index (κ1) is 15.5. The van der Waals surface area contributed by atoms with Crippen molar-refractivity contribution >= 4 is 0 Å². The molecule has 1 N–H and O–H groups in total. The molecular weight excluding hydrogens is 252 g/mol. The van der Waals surface area contributed by atoms with E-state index in [-0.39, 0.29) is 0 Å². The third kappa shape index (κ3) is 4.58. The normalized spacial score (nSPS) is 18.3. The minimum atomic E-state index is 0.585. The van der Waals surface area contributed by atoms with E-state index in [0.29, 0.717) is 6.04 Å². The van der Waals surface area contributed by atoms with Crippen LogP contribution >= 0.6 is 0 Å². The first-order valence-electron chi connectivity index (χ1n) is 7.74. The Morgan fingerprint density at radius 1 is 1.35 bits per heavy atom. The van der Waals surface area contributed by atoms with E-state index in [0.717, 1.165) is 26.2 Å². The van der Waals surface area contributed by atoms with E-state index in [4.69, 9.17) is 4.74 Å². The lowest BCUT2D eigenvalue weighted by Gasteiger charge is -2.32. The van der Waals surface area contributed by atoms with E-state index in [1.54, 1.807) is 7.11 Å². The lowest BCUT2D eigenvalue weighted by molar-refractivity contribution is 0.159. The number of nitrogens with zero attached hydrogens (tertiary/aromatic N) is 3. The van der Waals surface area contributed by atoms with E-state index < -0.39 is 0 Å². The van der Waals surface area contributed by atoms with E-state index in [1.807, 2.05) is 12.5 Å². The van der Waals surface area contributed by atoms with Crippen LogP contribution in [0, 0.1) is 0 Å². The van der Waals surface area contributed by atoms with E-state index >= 15 is 0 Å². The van der Waals surface area contributed by atoms with E-state index in [2.05, 4.69) is 26.7 Å². The van der Waals surface area contributed by atoms with Gasteiger partial charge in [0.15, 0.2) is 0 Å². The monoisotopic (exact) mass is 280 g/mol. The molecule has 1 atom stereocenters. The Balaban J connectivity index is 1.81. The quantitative estimate of drug-likeness (QED) is 0.733. The number of ether oxygens (including phenoxy) is 1. The average Bonchev–Trinajstić information content (AvgIpc) is 2.92. The summed E-state index contributed by atoms with van der Waals surface area (Å²) < 4.78 is 7.32. The molecule has 20 heavy (non-hydrogen) atoms. The lowest BCUT2D eigenvalue weighted by Crippen LogP contribution is -2.40. The van der Waals surface area contributed by atoms with Crippen molar-refractivity contribution in [1.29, 1.82) is 0 Å². The number of hydrogen-bond donors (Lipinski definition) is 1. The molecule has 0 aliphatic carbocycles. The molecule has 0 bridgehead atoms. The molecule has 1 aliphatic rings. The van der Waals surface area contributed by atoms with Crippen LogP contribution in [-0.2, 0) is 17.8 Å². The van der Waals surface area contributed by atoms with Crippen LogP contribution < -0.4 is 5.32 Å². The zero-order chi connectivity index (χ0) is 14.2. The summed E-state index contributed by atoms with van der Waals surface area (Å²) in [6.45, 7) is 8.33. The van der Waals surface area contributed by atoms with Crippen molar-refractivity contribution in [1.82, 2.24) is 19.8 Å². The molecular formula is C15H28N4O. The van der Waals surface area contributed by atoms with Crippen LogP contribution in [-0.4, -0.2) is 53.8 Å². The summed E-state index contributed by atoms with van der Waals surface area (Å²) in [5, 5.41) is 3.38. The first-order chi connectivity index (χ1) is 9.81. The molecule has 0 amide bonds. The largest absolute Gasteiger partial charge is 0.383 e. The zero-order valence-corrected chi connectivity index (χ0v) is 12.8. The highest BCUT2D eigenvalue weighted by atomic mass is 16.5. The minimum Gasteiger partial charge on any atom is -0.383 e. The minimum absolute atomic E-state index is 0.585. The van der Waals surface area contributed by atoms with Gasteiger partial charge in [0.05, 0.1) is 18.6 Å². The van der Waals surface area contributed by atoms with Crippen LogP contribution in [0.1, 0.15) is 31.9 Å². The van der Waals surface area contributed by atoms with Gasteiger partial charge < -0.3 is 14.6 Å². The van der Waals surface area contributed by atoms with Crippen LogP contribution in [0.4, 0.5) is 0 Å². The van der Waals surface area contributed by atoms with Crippen LogP contribution in [0.15, 0.2) is 12.5 Å². The summed E-state index contributed by atoms with van der Waals surface area (Å²) in [4.78, 5) is 6.90. The summed E-state index contributed by atoms with van der Waals surface area (Å²) in [5.74, 6) is 0. The van der Waals surface area contributed by atoms with Crippen LogP contribution in [0.3, 0.4) is 0 Å². The van der Waals surface area contributed by atoms with E-state index in [9.17, 15) is 0 Å². The van der Waals surface area contributed by atoms with Gasteiger partial charge in [-0.3, -0.25) is 4.90 Å². The Kier molecular flexibility index (Phi) is 6.50. The predicted octanol–water partition coefficient (Wildman–Crippen LogP) is 1.49. The van der Waals surface area contributed by atoms with Gasteiger partial charge in [-0.25, -0.2) is 4.98 Å². The molecule has 1 aromatic rings. The molecule has 5 heteroatoms. The van der Waals surface area contributed by atoms with Gasteiger partial charge in [-0.15, -0.1) is 0 Å². The van der Waals surface area contributed by atoms with Gasteiger partial charge in [0, 0.05) is 39.0 Å². The topological polar surface area (TPSA) is 42.3 Å². The Morgan fingerprint density at radius 2 is 2.15 bits per heavy atom. The van der Waals surface area contributed by atoms with Crippen LogP contribution in [0.2, 0.25) is 0 Å². The average molecular weight is 280 g/mol. The fourth-order valence-electron chi connectivity index (χ4n) is 2.81. The molecule has 1 aromatic heterocycles. The molecule has 2 rings (SSSR count). The number of methoxy groups -OCH3 is 1. The number of aromatic nitrogens is 2. The molecule has 0 spiro atoms. The summed E-state index contributed by atoms with van der Waals surface area (Å²) in [6, 6.07) is 0.585. The number of piperidine rings is 1. The fourth-order valence-corrected chi connectivity index (χ4v) is 2.81. The Hall–Kier alpha value is -0.910. The Bertz CT molecular complexity index is 374. The van der Waals surface area contributed by atoms with Gasteiger partial charge in [0.1, 0.15) is 0 Å². The van der Waals surface area contributed by atoms with Gasteiger partial charge >= 0.3 is 0 Å². The van der Waals surface area contributed by atoms with Gasteiger partial charge in [-0.2, -0.15) is 0 Å². The SMILES string of the molecule is COCCNCc1cncn1CC(C)N1CCCCC1. The van der Waals surface area contributed by atoms with Crippen molar-refractivity contribution in [2.75, 3.05) is 33.4 Å². The van der Waals surface area contributed by atoms with Crippen molar-refractivity contribution in [3.63, 3.8) is 0 Å². The third-order valence-corrected chi connectivity index (χ3v) is 4.06. The second-order valence-corrected chi connectivity index (χ2v) is 5.65. The molecule has 0 aromatic carbocycles. The smallest absolute Gasteiger partial charge is 0.0949 e. The van der Waals surface area contributed by atoms with Gasteiger partial charge in [-0.1, -0.05) is 6.42 Å². The molecule has 1 saturated heterocycles. The molecule has 1 fully saturated rings. The van der Waals surface area contributed by atoms with Crippen molar-refractivity contribution in [2.24, 2.45) is 0 Å². The standard InChI is InChI=1S/C15H28N4O/c1-14(18-7-4-3-5-8-18)12-19-13-17-11-15(19)10-16-6-9-20-2/h11,13-14,16H,3-10,12H2,1-2H3. The third-order valence-electron chi connectivity index (χ3n) is 4.06. The molecule has 2 heterocycles. The van der Waals surface area contributed by atoms with Crippen molar-refractivity contribution < 1.29 is 4.74 Å². The second-order valence-electron chi connectivity index (χ2n) is 5.65. The van der Waals surface area contributed by atoms with Crippen molar-refractivity contribution in [3.05, 3.63) is 18.2 Å². The highest BCUT2D eigenvalue weighted by Gasteiger charge is 2.17. The summed E-state index contributed by atoms with van der Waals surface area (Å²) >= 11 is 0. The summed E-state index contributed by atoms with van der Waals surface area (Å²) in [5.41, 5.74) is 1.25. The van der Waals surface area contributed by atoms with Crippen LogP contribution in [0.5, 0.6) is 0 Å². The maximum atomic E-state index is 5.04.